The molecule has 8 heteroatoms. The van der Waals surface area contributed by atoms with Crippen LogP contribution in [0.1, 0.15) is 13.8 Å². The van der Waals surface area contributed by atoms with Gasteiger partial charge < -0.3 is 10.2 Å². The van der Waals surface area contributed by atoms with Gasteiger partial charge in [0.15, 0.2) is 23.3 Å². The van der Waals surface area contributed by atoms with Crippen LogP contribution in [0.15, 0.2) is 6.07 Å². The number of hydrogen-bond acceptors (Lipinski definition) is 3. The summed E-state index contributed by atoms with van der Waals surface area (Å²) in [6, 6.07) is -0.126. The van der Waals surface area contributed by atoms with Crippen molar-refractivity contribution in [3.63, 3.8) is 0 Å². The maximum absolute atomic E-state index is 13.6. The Morgan fingerprint density at radius 1 is 1.26 bits per heavy atom. The van der Waals surface area contributed by atoms with Crippen LogP contribution in [0.25, 0.3) is 0 Å². The van der Waals surface area contributed by atoms with E-state index in [0.29, 0.717) is 6.07 Å². The molecule has 19 heavy (non-hydrogen) atoms. The first-order valence-electron chi connectivity index (χ1n) is 5.53. The molecule has 0 spiro atoms. The molecule has 1 rings (SSSR count). The van der Waals surface area contributed by atoms with Crippen molar-refractivity contribution in [2.75, 3.05) is 23.8 Å². The number of pyridine rings is 1. The van der Waals surface area contributed by atoms with E-state index in [1.807, 2.05) is 0 Å². The van der Waals surface area contributed by atoms with Crippen molar-refractivity contribution in [2.24, 2.45) is 0 Å². The standard InChI is InChI=1S/C11H14F5N3/c1-6(2)19(5-11(14,15)16)10-8(13)4-7(12)9(17-3)18-10/h4,6H,5H2,1-3H3,(H,17,18). The second-order valence-electron chi connectivity index (χ2n) is 4.21. The van der Waals surface area contributed by atoms with Crippen LogP contribution in [0.5, 0.6) is 0 Å². The van der Waals surface area contributed by atoms with E-state index in [-0.39, 0.29) is 5.82 Å². The third-order valence-electron chi connectivity index (χ3n) is 2.39. The number of aromatic nitrogens is 1. The third kappa shape index (κ3) is 3.93. The van der Waals surface area contributed by atoms with Gasteiger partial charge in [-0.2, -0.15) is 13.2 Å². The van der Waals surface area contributed by atoms with Crippen LogP contribution in [0, 0.1) is 11.6 Å². The molecule has 0 atom stereocenters. The summed E-state index contributed by atoms with van der Waals surface area (Å²) < 4.78 is 64.2. The highest BCUT2D eigenvalue weighted by Gasteiger charge is 2.34. The molecule has 1 heterocycles. The zero-order chi connectivity index (χ0) is 14.8. The number of rotatable bonds is 4. The summed E-state index contributed by atoms with van der Waals surface area (Å²) in [4.78, 5) is 4.29. The number of halogens is 5. The van der Waals surface area contributed by atoms with Crippen molar-refractivity contribution in [1.29, 1.82) is 0 Å². The quantitative estimate of drug-likeness (QED) is 0.860. The van der Waals surface area contributed by atoms with E-state index >= 15 is 0 Å². The Labute approximate surface area is 107 Å². The van der Waals surface area contributed by atoms with Crippen LogP contribution in [0.3, 0.4) is 0 Å². The van der Waals surface area contributed by atoms with Gasteiger partial charge in [0.05, 0.1) is 0 Å². The molecule has 108 valence electrons. The topological polar surface area (TPSA) is 28.2 Å². The Balaban J connectivity index is 3.23. The lowest BCUT2D eigenvalue weighted by atomic mass is 10.3. The summed E-state index contributed by atoms with van der Waals surface area (Å²) in [5.41, 5.74) is 0. The highest BCUT2D eigenvalue weighted by atomic mass is 19.4. The number of nitrogens with one attached hydrogen (secondary N) is 1. The van der Waals surface area contributed by atoms with E-state index in [1.54, 1.807) is 0 Å². The fourth-order valence-corrected chi connectivity index (χ4v) is 1.53. The van der Waals surface area contributed by atoms with Gasteiger partial charge in [-0.05, 0) is 13.8 Å². The van der Waals surface area contributed by atoms with Crippen LogP contribution >= 0.6 is 0 Å². The fraction of sp³-hybridized carbons (Fsp3) is 0.545. The Bertz CT molecular complexity index is 445. The van der Waals surface area contributed by atoms with Crippen molar-refractivity contribution in [3.05, 3.63) is 17.7 Å². The lowest BCUT2D eigenvalue weighted by molar-refractivity contribution is -0.120. The molecule has 1 N–H and O–H groups in total. The molecule has 0 fully saturated rings. The van der Waals surface area contributed by atoms with Gasteiger partial charge in [0.2, 0.25) is 0 Å². The second kappa shape index (κ2) is 5.58. The van der Waals surface area contributed by atoms with Gasteiger partial charge in [-0.1, -0.05) is 0 Å². The lowest BCUT2D eigenvalue weighted by Gasteiger charge is -2.29. The van der Waals surface area contributed by atoms with Crippen molar-refractivity contribution in [3.8, 4) is 0 Å². The minimum atomic E-state index is -4.51. The number of anilines is 2. The Hall–Kier alpha value is -1.60. The highest BCUT2D eigenvalue weighted by molar-refractivity contribution is 5.49. The van der Waals surface area contributed by atoms with Crippen LogP contribution in [0.4, 0.5) is 33.6 Å². The zero-order valence-electron chi connectivity index (χ0n) is 10.6. The van der Waals surface area contributed by atoms with Crippen molar-refractivity contribution in [2.45, 2.75) is 26.1 Å². The van der Waals surface area contributed by atoms with Crippen molar-refractivity contribution >= 4 is 11.6 Å². The summed E-state index contributed by atoms with van der Waals surface area (Å²) in [6.07, 6.45) is -4.51. The molecular weight excluding hydrogens is 269 g/mol. The normalized spacial score (nSPS) is 11.8. The summed E-state index contributed by atoms with van der Waals surface area (Å²) in [6.45, 7) is 1.58. The first-order valence-corrected chi connectivity index (χ1v) is 5.53. The van der Waals surface area contributed by atoms with E-state index in [4.69, 9.17) is 0 Å². The average Bonchev–Trinajstić information content (AvgIpc) is 2.25. The van der Waals surface area contributed by atoms with E-state index in [1.165, 1.54) is 20.9 Å². The minimum absolute atomic E-state index is 0.302. The number of alkyl halides is 3. The fourth-order valence-electron chi connectivity index (χ4n) is 1.53. The van der Waals surface area contributed by atoms with E-state index in [9.17, 15) is 22.0 Å². The van der Waals surface area contributed by atoms with Crippen molar-refractivity contribution in [1.82, 2.24) is 4.98 Å². The van der Waals surface area contributed by atoms with Crippen LogP contribution in [0.2, 0.25) is 0 Å². The largest absolute Gasteiger partial charge is 0.405 e. The Kier molecular flexibility index (Phi) is 4.54. The molecule has 0 saturated heterocycles. The summed E-state index contributed by atoms with van der Waals surface area (Å²) in [5, 5.41) is 2.36. The maximum atomic E-state index is 13.6. The smallest absolute Gasteiger partial charge is 0.371 e. The molecule has 0 aliphatic rings. The van der Waals surface area contributed by atoms with Crippen LogP contribution in [-0.2, 0) is 0 Å². The van der Waals surface area contributed by atoms with Gasteiger partial charge in [0.25, 0.3) is 0 Å². The molecule has 0 aliphatic heterocycles. The van der Waals surface area contributed by atoms with E-state index in [0.717, 1.165) is 4.90 Å². The predicted octanol–water partition coefficient (Wildman–Crippen LogP) is 3.18. The summed E-state index contributed by atoms with van der Waals surface area (Å²) in [7, 11) is 1.34. The molecule has 0 aliphatic carbocycles. The molecule has 3 nitrogen and oxygen atoms in total. The minimum Gasteiger partial charge on any atom is -0.371 e. The number of hydrogen-bond donors (Lipinski definition) is 1. The molecule has 1 aromatic rings. The molecule has 0 amide bonds. The molecule has 0 radical (unpaired) electrons. The molecule has 0 aromatic carbocycles. The van der Waals surface area contributed by atoms with Gasteiger partial charge in [-0.15, -0.1) is 0 Å². The molecule has 0 bridgehead atoms. The molecule has 0 unspecified atom stereocenters. The molecular formula is C11H14F5N3. The Morgan fingerprint density at radius 2 is 1.84 bits per heavy atom. The first-order chi connectivity index (χ1) is 8.65. The van der Waals surface area contributed by atoms with Crippen LogP contribution < -0.4 is 10.2 Å². The van der Waals surface area contributed by atoms with Gasteiger partial charge >= 0.3 is 6.18 Å². The Morgan fingerprint density at radius 3 is 2.26 bits per heavy atom. The van der Waals surface area contributed by atoms with Gasteiger partial charge in [0.1, 0.15) is 6.54 Å². The SMILES string of the molecule is CNc1nc(N(CC(F)(F)F)C(C)C)c(F)cc1F. The maximum Gasteiger partial charge on any atom is 0.405 e. The van der Waals surface area contributed by atoms with Gasteiger partial charge in [-0.3, -0.25) is 0 Å². The number of nitrogens with zero attached hydrogens (tertiary/aromatic N) is 2. The molecule has 1 aromatic heterocycles. The van der Waals surface area contributed by atoms with Gasteiger partial charge in [0, 0.05) is 19.2 Å². The second-order valence-corrected chi connectivity index (χ2v) is 4.21. The predicted molar refractivity (Wildman–Crippen MR) is 62.2 cm³/mol. The highest BCUT2D eigenvalue weighted by Crippen LogP contribution is 2.27. The zero-order valence-corrected chi connectivity index (χ0v) is 10.6. The van der Waals surface area contributed by atoms with E-state index in [2.05, 4.69) is 10.3 Å². The summed E-state index contributed by atoms with van der Waals surface area (Å²) in [5.74, 6) is -2.92. The van der Waals surface area contributed by atoms with E-state index < -0.39 is 36.2 Å². The third-order valence-corrected chi connectivity index (χ3v) is 2.39. The molecule has 0 saturated carbocycles. The van der Waals surface area contributed by atoms with Crippen molar-refractivity contribution < 1.29 is 22.0 Å². The average molecular weight is 283 g/mol. The monoisotopic (exact) mass is 283 g/mol. The summed E-state index contributed by atoms with van der Waals surface area (Å²) >= 11 is 0. The van der Waals surface area contributed by atoms with Crippen LogP contribution in [-0.4, -0.2) is 30.8 Å². The lowest BCUT2D eigenvalue weighted by Crippen LogP contribution is -2.40. The van der Waals surface area contributed by atoms with Gasteiger partial charge in [-0.25, -0.2) is 13.8 Å². The first kappa shape index (κ1) is 15.5.